The largest absolute Gasteiger partial charge is 0.497 e. The maximum atomic E-state index is 5.56. The monoisotopic (exact) mass is 367 g/mol. The molecule has 142 valence electrons. The highest BCUT2D eigenvalue weighted by molar-refractivity contribution is 5.73. The number of benzene rings is 1. The maximum Gasteiger partial charge on any atom is 0.176 e. The van der Waals surface area contributed by atoms with Gasteiger partial charge < -0.3 is 9.47 Å². The molecule has 2 aromatic heterocycles. The van der Waals surface area contributed by atoms with Crippen molar-refractivity contribution in [1.29, 1.82) is 0 Å². The van der Waals surface area contributed by atoms with Crippen molar-refractivity contribution in [3.8, 4) is 11.5 Å². The molecule has 1 saturated heterocycles. The number of rotatable bonds is 5. The van der Waals surface area contributed by atoms with E-state index in [1.165, 1.54) is 5.56 Å². The molecule has 1 atom stereocenters. The van der Waals surface area contributed by atoms with Gasteiger partial charge in [0.15, 0.2) is 5.65 Å². The SMILES string of the molecule is COc1ccc(CN2CCCC(c3nn(C)c4nccnc34)C2)c(OC)c1. The van der Waals surface area contributed by atoms with Gasteiger partial charge in [0.25, 0.3) is 0 Å². The van der Waals surface area contributed by atoms with E-state index in [1.54, 1.807) is 26.6 Å². The minimum absolute atomic E-state index is 0.364. The molecule has 1 fully saturated rings. The summed E-state index contributed by atoms with van der Waals surface area (Å²) in [7, 11) is 5.31. The summed E-state index contributed by atoms with van der Waals surface area (Å²) in [6.45, 7) is 2.88. The Labute approximate surface area is 158 Å². The molecule has 0 aliphatic carbocycles. The smallest absolute Gasteiger partial charge is 0.176 e. The lowest BCUT2D eigenvalue weighted by Gasteiger charge is -2.32. The number of aryl methyl sites for hydroxylation is 1. The summed E-state index contributed by atoms with van der Waals surface area (Å²) in [6.07, 6.45) is 5.73. The summed E-state index contributed by atoms with van der Waals surface area (Å²) in [4.78, 5) is 11.4. The third-order valence-electron chi connectivity index (χ3n) is 5.27. The lowest BCUT2D eigenvalue weighted by atomic mass is 9.94. The van der Waals surface area contributed by atoms with E-state index in [-0.39, 0.29) is 0 Å². The van der Waals surface area contributed by atoms with Crippen LogP contribution in [0.15, 0.2) is 30.6 Å². The number of hydrogen-bond donors (Lipinski definition) is 0. The van der Waals surface area contributed by atoms with E-state index in [0.29, 0.717) is 5.92 Å². The van der Waals surface area contributed by atoms with Gasteiger partial charge in [-0.05, 0) is 25.5 Å². The van der Waals surface area contributed by atoms with Crippen molar-refractivity contribution in [2.45, 2.75) is 25.3 Å². The van der Waals surface area contributed by atoms with Crippen LogP contribution in [0, 0.1) is 0 Å². The Kier molecular flexibility index (Phi) is 4.94. The van der Waals surface area contributed by atoms with Gasteiger partial charge in [-0.3, -0.25) is 4.90 Å². The molecule has 1 unspecified atom stereocenters. The van der Waals surface area contributed by atoms with Crippen molar-refractivity contribution in [2.24, 2.45) is 7.05 Å². The fraction of sp³-hybridized carbons (Fsp3) is 0.450. The van der Waals surface area contributed by atoms with Crippen LogP contribution >= 0.6 is 0 Å². The molecule has 0 amide bonds. The molecule has 27 heavy (non-hydrogen) atoms. The van der Waals surface area contributed by atoms with Crippen molar-refractivity contribution in [1.82, 2.24) is 24.6 Å². The van der Waals surface area contributed by atoms with Crippen LogP contribution in [-0.2, 0) is 13.6 Å². The van der Waals surface area contributed by atoms with Gasteiger partial charge in [-0.2, -0.15) is 5.10 Å². The molecule has 7 nitrogen and oxygen atoms in total. The van der Waals surface area contributed by atoms with Crippen LogP contribution in [-0.4, -0.2) is 52.0 Å². The molecule has 0 saturated carbocycles. The van der Waals surface area contributed by atoms with Crippen LogP contribution in [0.1, 0.15) is 30.0 Å². The predicted octanol–water partition coefficient (Wildman–Crippen LogP) is 2.76. The van der Waals surface area contributed by atoms with Gasteiger partial charge in [-0.15, -0.1) is 0 Å². The molecule has 4 rings (SSSR count). The highest BCUT2D eigenvalue weighted by Crippen LogP contribution is 2.32. The van der Waals surface area contributed by atoms with Crippen LogP contribution < -0.4 is 9.47 Å². The quantitative estimate of drug-likeness (QED) is 0.691. The number of nitrogens with zero attached hydrogens (tertiary/aromatic N) is 5. The highest BCUT2D eigenvalue weighted by atomic mass is 16.5. The zero-order chi connectivity index (χ0) is 18.8. The number of fused-ring (bicyclic) bond motifs is 1. The Morgan fingerprint density at radius 2 is 2.00 bits per heavy atom. The van der Waals surface area contributed by atoms with Crippen LogP contribution in [0.5, 0.6) is 11.5 Å². The fourth-order valence-corrected chi connectivity index (χ4v) is 3.93. The van der Waals surface area contributed by atoms with Crippen LogP contribution in [0.4, 0.5) is 0 Å². The van der Waals surface area contributed by atoms with Gasteiger partial charge in [0.1, 0.15) is 17.0 Å². The molecular formula is C20H25N5O2. The first kappa shape index (κ1) is 17.7. The van der Waals surface area contributed by atoms with E-state index in [1.807, 2.05) is 23.9 Å². The first-order valence-corrected chi connectivity index (χ1v) is 9.26. The Bertz CT molecular complexity index is 939. The number of likely N-dealkylation sites (tertiary alicyclic amines) is 1. The van der Waals surface area contributed by atoms with E-state index >= 15 is 0 Å². The molecular weight excluding hydrogens is 342 g/mol. The number of methoxy groups -OCH3 is 2. The summed E-state index contributed by atoms with van der Waals surface area (Å²) in [5, 5.41) is 4.74. The first-order valence-electron chi connectivity index (χ1n) is 9.26. The molecule has 0 spiro atoms. The average Bonchev–Trinajstić information content (AvgIpc) is 3.05. The number of aromatic nitrogens is 4. The van der Waals surface area contributed by atoms with E-state index < -0.39 is 0 Å². The average molecular weight is 367 g/mol. The van der Waals surface area contributed by atoms with E-state index in [4.69, 9.17) is 14.6 Å². The molecule has 3 heterocycles. The Hall–Kier alpha value is -2.67. The molecule has 1 aliphatic heterocycles. The van der Waals surface area contributed by atoms with Crippen molar-refractivity contribution >= 4 is 11.2 Å². The fourth-order valence-electron chi connectivity index (χ4n) is 3.93. The Balaban J connectivity index is 1.55. The topological polar surface area (TPSA) is 65.3 Å². The van der Waals surface area contributed by atoms with Gasteiger partial charge in [0.05, 0.1) is 19.9 Å². The van der Waals surface area contributed by atoms with Crippen LogP contribution in [0.3, 0.4) is 0 Å². The molecule has 1 aliphatic rings. The Morgan fingerprint density at radius 1 is 1.15 bits per heavy atom. The second-order valence-corrected chi connectivity index (χ2v) is 6.99. The number of piperidine rings is 1. The van der Waals surface area contributed by atoms with Crippen LogP contribution in [0.25, 0.3) is 11.2 Å². The maximum absolute atomic E-state index is 5.56. The van der Waals surface area contributed by atoms with Crippen molar-refractivity contribution < 1.29 is 9.47 Å². The van der Waals surface area contributed by atoms with Crippen LogP contribution in [0.2, 0.25) is 0 Å². The number of hydrogen-bond acceptors (Lipinski definition) is 6. The minimum Gasteiger partial charge on any atom is -0.497 e. The molecule has 3 aromatic rings. The zero-order valence-electron chi connectivity index (χ0n) is 16.1. The first-order chi connectivity index (χ1) is 13.2. The number of ether oxygens (including phenoxy) is 2. The van der Waals surface area contributed by atoms with Crippen molar-refractivity contribution in [3.05, 3.63) is 41.9 Å². The lowest BCUT2D eigenvalue weighted by Crippen LogP contribution is -2.34. The van der Waals surface area contributed by atoms with E-state index in [9.17, 15) is 0 Å². The normalized spacial score (nSPS) is 18.0. The second-order valence-electron chi connectivity index (χ2n) is 6.99. The lowest BCUT2D eigenvalue weighted by molar-refractivity contribution is 0.196. The molecule has 0 bridgehead atoms. The third kappa shape index (κ3) is 3.47. The van der Waals surface area contributed by atoms with Gasteiger partial charge in [0, 0.05) is 50.1 Å². The van der Waals surface area contributed by atoms with Gasteiger partial charge in [-0.1, -0.05) is 6.07 Å². The van der Waals surface area contributed by atoms with Gasteiger partial charge >= 0.3 is 0 Å². The van der Waals surface area contributed by atoms with Gasteiger partial charge in [0.2, 0.25) is 0 Å². The molecule has 1 aromatic carbocycles. The molecule has 0 N–H and O–H groups in total. The summed E-state index contributed by atoms with van der Waals surface area (Å²) in [6, 6.07) is 6.02. The standard InChI is InChI=1S/C20H25N5O2/c1-24-20-19(21-8-9-22-20)18(23-24)15-5-4-10-25(13-15)12-14-6-7-16(26-2)11-17(14)27-3/h6-9,11,15H,4-5,10,12-13H2,1-3H3. The van der Waals surface area contributed by atoms with Gasteiger partial charge in [-0.25, -0.2) is 14.6 Å². The third-order valence-corrected chi connectivity index (χ3v) is 5.27. The summed E-state index contributed by atoms with van der Waals surface area (Å²) >= 11 is 0. The molecule has 0 radical (unpaired) electrons. The second kappa shape index (κ2) is 7.52. The highest BCUT2D eigenvalue weighted by Gasteiger charge is 2.27. The summed E-state index contributed by atoms with van der Waals surface area (Å²) in [5.74, 6) is 2.04. The zero-order valence-corrected chi connectivity index (χ0v) is 16.1. The summed E-state index contributed by atoms with van der Waals surface area (Å²) in [5.41, 5.74) is 4.01. The Morgan fingerprint density at radius 3 is 2.81 bits per heavy atom. The van der Waals surface area contributed by atoms with E-state index in [2.05, 4.69) is 20.9 Å². The van der Waals surface area contributed by atoms with E-state index in [0.717, 1.165) is 60.8 Å². The minimum atomic E-state index is 0.364. The molecule has 7 heteroatoms. The van der Waals surface area contributed by atoms with Crippen molar-refractivity contribution in [3.63, 3.8) is 0 Å². The predicted molar refractivity (Wildman–Crippen MR) is 103 cm³/mol. The van der Waals surface area contributed by atoms with Crippen molar-refractivity contribution in [2.75, 3.05) is 27.3 Å². The summed E-state index contributed by atoms with van der Waals surface area (Å²) < 4.78 is 12.7.